The number of nitrogens with two attached hydrogens (primary N) is 2. The van der Waals surface area contributed by atoms with Crippen molar-refractivity contribution in [1.82, 2.24) is 4.90 Å². The van der Waals surface area contributed by atoms with Crippen LogP contribution in [0.2, 0.25) is 0 Å². The molecule has 1 atom stereocenters. The zero-order valence-corrected chi connectivity index (χ0v) is 10.7. The van der Waals surface area contributed by atoms with E-state index in [0.29, 0.717) is 16.9 Å². The van der Waals surface area contributed by atoms with E-state index >= 15 is 0 Å². The molecule has 6 nitrogen and oxygen atoms in total. The number of anilines is 2. The maximum Gasteiger partial charge on any atom is 0.253 e. The van der Waals surface area contributed by atoms with Crippen molar-refractivity contribution in [2.45, 2.75) is 13.0 Å². The van der Waals surface area contributed by atoms with Crippen LogP contribution in [-0.4, -0.2) is 36.9 Å². The standard InChI is InChI=1S/C12H18N4O2/c1-7(11(14)17)15-10-6-8(4-5-9(10)13)12(18)16(2)3/h4-7,15H,13H2,1-3H3,(H2,14,17). The average molecular weight is 250 g/mol. The summed E-state index contributed by atoms with van der Waals surface area (Å²) in [7, 11) is 3.33. The van der Waals surface area contributed by atoms with E-state index in [4.69, 9.17) is 11.5 Å². The molecule has 1 rings (SSSR count). The van der Waals surface area contributed by atoms with E-state index in [-0.39, 0.29) is 5.91 Å². The Morgan fingerprint density at radius 1 is 1.33 bits per heavy atom. The van der Waals surface area contributed by atoms with Crippen LogP contribution < -0.4 is 16.8 Å². The Hall–Kier alpha value is -2.24. The largest absolute Gasteiger partial charge is 0.397 e. The second-order valence-corrected chi connectivity index (χ2v) is 4.27. The van der Waals surface area contributed by atoms with Gasteiger partial charge in [-0.2, -0.15) is 0 Å². The Morgan fingerprint density at radius 2 is 1.94 bits per heavy atom. The molecule has 2 amide bonds. The smallest absolute Gasteiger partial charge is 0.253 e. The van der Waals surface area contributed by atoms with Crippen molar-refractivity contribution in [2.24, 2.45) is 5.73 Å². The zero-order chi connectivity index (χ0) is 13.9. The highest BCUT2D eigenvalue weighted by molar-refractivity contribution is 5.96. The van der Waals surface area contributed by atoms with E-state index in [9.17, 15) is 9.59 Å². The first-order valence-corrected chi connectivity index (χ1v) is 5.50. The Kier molecular flexibility index (Phi) is 4.14. The van der Waals surface area contributed by atoms with Crippen molar-refractivity contribution in [3.63, 3.8) is 0 Å². The summed E-state index contributed by atoms with van der Waals surface area (Å²) in [4.78, 5) is 24.2. The molecular formula is C12H18N4O2. The number of benzene rings is 1. The van der Waals surface area contributed by atoms with Crippen molar-refractivity contribution in [1.29, 1.82) is 0 Å². The fraction of sp³-hybridized carbons (Fsp3) is 0.333. The molecule has 0 aromatic heterocycles. The third kappa shape index (κ3) is 3.13. The van der Waals surface area contributed by atoms with Gasteiger partial charge in [-0.15, -0.1) is 0 Å². The van der Waals surface area contributed by atoms with Crippen LogP contribution in [-0.2, 0) is 4.79 Å². The lowest BCUT2D eigenvalue weighted by atomic mass is 10.1. The number of hydrogen-bond donors (Lipinski definition) is 3. The van der Waals surface area contributed by atoms with Gasteiger partial charge < -0.3 is 21.7 Å². The monoisotopic (exact) mass is 250 g/mol. The van der Waals surface area contributed by atoms with Crippen LogP contribution in [0.5, 0.6) is 0 Å². The van der Waals surface area contributed by atoms with Crippen molar-refractivity contribution in [3.05, 3.63) is 23.8 Å². The van der Waals surface area contributed by atoms with Crippen LogP contribution in [0.1, 0.15) is 17.3 Å². The predicted molar refractivity (Wildman–Crippen MR) is 71.2 cm³/mol. The Balaban J connectivity index is 3.02. The normalized spacial score (nSPS) is 11.7. The second-order valence-electron chi connectivity index (χ2n) is 4.27. The fourth-order valence-electron chi connectivity index (χ4n) is 1.38. The van der Waals surface area contributed by atoms with Gasteiger partial charge in [0.25, 0.3) is 5.91 Å². The van der Waals surface area contributed by atoms with Gasteiger partial charge in [-0.3, -0.25) is 9.59 Å². The number of rotatable bonds is 4. The summed E-state index contributed by atoms with van der Waals surface area (Å²) in [6.45, 7) is 1.63. The molecule has 0 spiro atoms. The number of nitrogens with zero attached hydrogens (tertiary/aromatic N) is 1. The first-order chi connectivity index (χ1) is 8.32. The van der Waals surface area contributed by atoms with Crippen molar-refractivity contribution in [3.8, 4) is 0 Å². The highest BCUT2D eigenvalue weighted by Gasteiger charge is 2.13. The van der Waals surface area contributed by atoms with Crippen LogP contribution in [0.3, 0.4) is 0 Å². The summed E-state index contributed by atoms with van der Waals surface area (Å²) in [6, 6.07) is 4.30. The Bertz CT molecular complexity index is 471. The summed E-state index contributed by atoms with van der Waals surface area (Å²) in [6.07, 6.45) is 0. The SMILES string of the molecule is CC(Nc1cc(C(=O)N(C)C)ccc1N)C(N)=O. The molecule has 0 radical (unpaired) electrons. The highest BCUT2D eigenvalue weighted by Crippen LogP contribution is 2.21. The highest BCUT2D eigenvalue weighted by atomic mass is 16.2. The van der Waals surface area contributed by atoms with Crippen LogP contribution in [0, 0.1) is 0 Å². The van der Waals surface area contributed by atoms with Gasteiger partial charge in [0.1, 0.15) is 6.04 Å². The molecule has 18 heavy (non-hydrogen) atoms. The van der Waals surface area contributed by atoms with Crippen LogP contribution in [0.25, 0.3) is 0 Å². The van der Waals surface area contributed by atoms with Gasteiger partial charge in [0, 0.05) is 19.7 Å². The minimum absolute atomic E-state index is 0.134. The molecular weight excluding hydrogens is 232 g/mol. The lowest BCUT2D eigenvalue weighted by Gasteiger charge is -2.16. The number of hydrogen-bond acceptors (Lipinski definition) is 4. The zero-order valence-electron chi connectivity index (χ0n) is 10.7. The molecule has 6 heteroatoms. The molecule has 0 aliphatic rings. The number of primary amides is 1. The summed E-state index contributed by atoms with van der Waals surface area (Å²) in [5.74, 6) is -0.622. The first kappa shape index (κ1) is 13.8. The molecule has 0 heterocycles. The minimum atomic E-state index is -0.558. The second kappa shape index (κ2) is 5.39. The van der Waals surface area contributed by atoms with E-state index in [0.717, 1.165) is 0 Å². The van der Waals surface area contributed by atoms with Gasteiger partial charge in [0.2, 0.25) is 5.91 Å². The minimum Gasteiger partial charge on any atom is -0.397 e. The quantitative estimate of drug-likeness (QED) is 0.667. The van der Waals surface area contributed by atoms with E-state index in [1.165, 1.54) is 4.90 Å². The maximum absolute atomic E-state index is 11.8. The third-order valence-electron chi connectivity index (χ3n) is 2.51. The summed E-state index contributed by atoms with van der Waals surface area (Å²) < 4.78 is 0. The molecule has 98 valence electrons. The number of nitrogen functional groups attached to an aromatic ring is 1. The van der Waals surface area contributed by atoms with Crippen molar-refractivity contribution in [2.75, 3.05) is 25.1 Å². The maximum atomic E-state index is 11.8. The van der Waals surface area contributed by atoms with Gasteiger partial charge in [-0.25, -0.2) is 0 Å². The van der Waals surface area contributed by atoms with E-state index < -0.39 is 11.9 Å². The number of carbonyl (C=O) groups excluding carboxylic acids is 2. The predicted octanol–water partition coefficient (Wildman–Crippen LogP) is 0.256. The molecule has 5 N–H and O–H groups in total. The molecule has 1 aromatic carbocycles. The van der Waals surface area contributed by atoms with Crippen molar-refractivity contribution < 1.29 is 9.59 Å². The molecule has 0 bridgehead atoms. The average Bonchev–Trinajstić information content (AvgIpc) is 2.30. The lowest BCUT2D eigenvalue weighted by molar-refractivity contribution is -0.118. The molecule has 0 fully saturated rings. The lowest BCUT2D eigenvalue weighted by Crippen LogP contribution is -2.32. The fourth-order valence-corrected chi connectivity index (χ4v) is 1.38. The Morgan fingerprint density at radius 3 is 2.44 bits per heavy atom. The summed E-state index contributed by atoms with van der Waals surface area (Å²) in [5.41, 5.74) is 12.4. The van der Waals surface area contributed by atoms with Crippen molar-refractivity contribution >= 4 is 23.2 Å². The topological polar surface area (TPSA) is 101 Å². The number of carbonyl (C=O) groups is 2. The molecule has 1 aromatic rings. The summed E-state index contributed by atoms with van der Waals surface area (Å²) in [5, 5.41) is 2.87. The van der Waals surface area contributed by atoms with Crippen LogP contribution in [0.4, 0.5) is 11.4 Å². The molecule has 0 aliphatic carbocycles. The summed E-state index contributed by atoms with van der Waals surface area (Å²) >= 11 is 0. The van der Waals surface area contributed by atoms with E-state index in [1.807, 2.05) is 0 Å². The van der Waals surface area contributed by atoms with E-state index in [2.05, 4.69) is 5.32 Å². The molecule has 0 saturated heterocycles. The van der Waals surface area contributed by atoms with Gasteiger partial charge in [-0.05, 0) is 25.1 Å². The number of amides is 2. The van der Waals surface area contributed by atoms with Gasteiger partial charge >= 0.3 is 0 Å². The van der Waals surface area contributed by atoms with Gasteiger partial charge in [0.15, 0.2) is 0 Å². The van der Waals surface area contributed by atoms with E-state index in [1.54, 1.807) is 39.2 Å². The molecule has 0 saturated carbocycles. The third-order valence-corrected chi connectivity index (χ3v) is 2.51. The first-order valence-electron chi connectivity index (χ1n) is 5.50. The molecule has 1 unspecified atom stereocenters. The Labute approximate surface area is 106 Å². The van der Waals surface area contributed by atoms with Crippen LogP contribution >= 0.6 is 0 Å². The molecule has 0 aliphatic heterocycles. The van der Waals surface area contributed by atoms with Crippen LogP contribution in [0.15, 0.2) is 18.2 Å². The van der Waals surface area contributed by atoms with Gasteiger partial charge in [-0.1, -0.05) is 0 Å². The number of nitrogens with one attached hydrogen (secondary N) is 1. The van der Waals surface area contributed by atoms with Gasteiger partial charge in [0.05, 0.1) is 11.4 Å².